The average Bonchev–Trinajstić information content (AvgIpc) is 2.59. The van der Waals surface area contributed by atoms with Crippen LogP contribution in [0, 0.1) is 10.1 Å². The van der Waals surface area contributed by atoms with Crippen molar-refractivity contribution < 1.29 is 43.0 Å². The van der Waals surface area contributed by atoms with Crippen LogP contribution in [-0.4, -0.2) is 54.0 Å². The van der Waals surface area contributed by atoms with Gasteiger partial charge in [-0.2, -0.15) is 0 Å². The Labute approximate surface area is 159 Å². The van der Waals surface area contributed by atoms with Crippen LogP contribution in [0.2, 0.25) is 0 Å². The van der Waals surface area contributed by atoms with Crippen molar-refractivity contribution in [1.82, 2.24) is 0 Å². The van der Waals surface area contributed by atoms with Crippen LogP contribution in [0.4, 0.5) is 5.69 Å². The van der Waals surface area contributed by atoms with Gasteiger partial charge in [-0.15, -0.1) is 0 Å². The predicted octanol–water partition coefficient (Wildman–Crippen LogP) is 1.12. The summed E-state index contributed by atoms with van der Waals surface area (Å²) < 4.78 is 26.6. The smallest absolute Gasteiger partial charge is 0.303 e. The highest BCUT2D eigenvalue weighted by atomic mass is 16.7. The van der Waals surface area contributed by atoms with Crippen LogP contribution in [0.1, 0.15) is 20.8 Å². The average molecular weight is 397 g/mol. The lowest BCUT2D eigenvalue weighted by Crippen LogP contribution is -2.59. The summed E-state index contributed by atoms with van der Waals surface area (Å²) in [5.41, 5.74) is -0.138. The molecule has 1 aliphatic rings. The number of esters is 3. The highest BCUT2D eigenvalue weighted by Gasteiger charge is 2.48. The van der Waals surface area contributed by atoms with E-state index in [1.807, 2.05) is 0 Å². The van der Waals surface area contributed by atoms with Crippen molar-refractivity contribution in [3.8, 4) is 5.75 Å². The van der Waals surface area contributed by atoms with E-state index in [-0.39, 0.29) is 18.0 Å². The minimum atomic E-state index is -1.24. The van der Waals surface area contributed by atoms with Crippen LogP contribution < -0.4 is 4.74 Å². The van der Waals surface area contributed by atoms with Crippen molar-refractivity contribution in [1.29, 1.82) is 0 Å². The van der Waals surface area contributed by atoms with E-state index in [2.05, 4.69) is 0 Å². The molecule has 0 amide bonds. The molecule has 0 saturated carbocycles. The lowest BCUT2D eigenvalue weighted by atomic mass is 10.0. The van der Waals surface area contributed by atoms with Gasteiger partial charge in [-0.3, -0.25) is 24.5 Å². The highest BCUT2D eigenvalue weighted by Crippen LogP contribution is 2.27. The van der Waals surface area contributed by atoms with Crippen LogP contribution in [0.3, 0.4) is 0 Å². The maximum atomic E-state index is 11.5. The summed E-state index contributed by atoms with van der Waals surface area (Å²) in [5.74, 6) is -1.83. The Hall–Kier alpha value is -3.21. The van der Waals surface area contributed by atoms with Gasteiger partial charge in [0.2, 0.25) is 12.4 Å². The second kappa shape index (κ2) is 9.13. The van der Waals surface area contributed by atoms with E-state index in [4.69, 9.17) is 23.7 Å². The number of ether oxygens (including phenoxy) is 5. The van der Waals surface area contributed by atoms with Crippen LogP contribution in [0.5, 0.6) is 5.75 Å². The first kappa shape index (κ1) is 21.1. The number of carbonyl (C=O) groups is 3. The Kier molecular flexibility index (Phi) is 6.88. The van der Waals surface area contributed by atoms with Crippen molar-refractivity contribution >= 4 is 23.6 Å². The molecular formula is C17H19NO10. The maximum Gasteiger partial charge on any atom is 0.303 e. The van der Waals surface area contributed by atoms with Gasteiger partial charge < -0.3 is 23.7 Å². The third-order valence-corrected chi connectivity index (χ3v) is 3.60. The van der Waals surface area contributed by atoms with Crippen LogP contribution in [-0.2, 0) is 33.3 Å². The summed E-state index contributed by atoms with van der Waals surface area (Å²) in [6.45, 7) is 3.28. The molecule has 0 aliphatic carbocycles. The predicted molar refractivity (Wildman–Crippen MR) is 90.1 cm³/mol. The molecule has 0 N–H and O–H groups in total. The number of benzene rings is 1. The van der Waals surface area contributed by atoms with Crippen molar-refractivity contribution in [3.63, 3.8) is 0 Å². The molecule has 1 aliphatic heterocycles. The number of nitro groups is 1. The van der Waals surface area contributed by atoms with Crippen LogP contribution >= 0.6 is 0 Å². The number of nitrogens with zero attached hydrogens (tertiary/aromatic N) is 1. The summed E-state index contributed by atoms with van der Waals surface area (Å²) in [5, 5.41) is 10.7. The molecule has 0 radical (unpaired) electrons. The normalized spacial score (nSPS) is 24.0. The minimum absolute atomic E-state index is 0.138. The fraction of sp³-hybridized carbons (Fsp3) is 0.471. The molecule has 0 bridgehead atoms. The topological polar surface area (TPSA) is 140 Å². The first-order valence-electron chi connectivity index (χ1n) is 8.21. The van der Waals surface area contributed by atoms with E-state index in [0.717, 1.165) is 13.8 Å². The molecule has 152 valence electrons. The molecular weight excluding hydrogens is 378 g/mol. The van der Waals surface area contributed by atoms with E-state index in [0.29, 0.717) is 0 Å². The fourth-order valence-electron chi connectivity index (χ4n) is 2.59. The quantitative estimate of drug-likeness (QED) is 0.297. The maximum absolute atomic E-state index is 11.5. The number of hydrogen-bond donors (Lipinski definition) is 0. The zero-order valence-corrected chi connectivity index (χ0v) is 15.4. The molecule has 1 fully saturated rings. The Morgan fingerprint density at radius 3 is 2.00 bits per heavy atom. The van der Waals surface area contributed by atoms with E-state index in [1.165, 1.54) is 31.2 Å². The van der Waals surface area contributed by atoms with Gasteiger partial charge >= 0.3 is 17.9 Å². The third-order valence-electron chi connectivity index (χ3n) is 3.60. The Morgan fingerprint density at radius 2 is 1.50 bits per heavy atom. The van der Waals surface area contributed by atoms with Gasteiger partial charge in [-0.05, 0) is 12.1 Å². The van der Waals surface area contributed by atoms with Gasteiger partial charge in [0.25, 0.3) is 5.69 Å². The molecule has 11 heteroatoms. The molecule has 2 rings (SSSR count). The first-order valence-corrected chi connectivity index (χ1v) is 8.21. The number of non-ortho nitro benzene ring substituents is 1. The van der Waals surface area contributed by atoms with Gasteiger partial charge in [-0.1, -0.05) is 0 Å². The van der Waals surface area contributed by atoms with Crippen molar-refractivity contribution in [2.75, 3.05) is 6.61 Å². The molecule has 0 unspecified atom stereocenters. The number of carbonyl (C=O) groups excluding carboxylic acids is 3. The fourth-order valence-corrected chi connectivity index (χ4v) is 2.59. The SMILES string of the molecule is CC(=O)O[C@@H]1[C@@H](OC(C)=O)[C@H](Oc2ccc([N+](=O)[O-])cc2)OC[C@H]1OC(C)=O. The van der Waals surface area contributed by atoms with E-state index in [1.54, 1.807) is 0 Å². The lowest BCUT2D eigenvalue weighted by Gasteiger charge is -2.40. The molecule has 28 heavy (non-hydrogen) atoms. The van der Waals surface area contributed by atoms with Gasteiger partial charge in [0, 0.05) is 32.9 Å². The largest absolute Gasteiger partial charge is 0.461 e. The van der Waals surface area contributed by atoms with Crippen molar-refractivity contribution in [2.45, 2.75) is 45.4 Å². The summed E-state index contributed by atoms with van der Waals surface area (Å²) in [4.78, 5) is 44.5. The molecule has 4 atom stereocenters. The van der Waals surface area contributed by atoms with Crippen molar-refractivity contribution in [2.24, 2.45) is 0 Å². The Morgan fingerprint density at radius 1 is 0.964 bits per heavy atom. The summed E-state index contributed by atoms with van der Waals surface area (Å²) in [6.07, 6.45) is -4.62. The van der Waals surface area contributed by atoms with Crippen LogP contribution in [0.15, 0.2) is 24.3 Å². The number of nitro benzene ring substituents is 1. The molecule has 1 saturated heterocycles. The van der Waals surface area contributed by atoms with Gasteiger partial charge in [0.05, 0.1) is 11.5 Å². The molecule has 1 aromatic carbocycles. The Bertz CT molecular complexity index is 747. The van der Waals surface area contributed by atoms with Gasteiger partial charge in [0.15, 0.2) is 12.2 Å². The molecule has 11 nitrogen and oxygen atoms in total. The monoisotopic (exact) mass is 397 g/mol. The minimum Gasteiger partial charge on any atom is -0.461 e. The summed E-state index contributed by atoms with van der Waals surface area (Å²) in [7, 11) is 0. The lowest BCUT2D eigenvalue weighted by molar-refractivity contribution is -0.384. The van der Waals surface area contributed by atoms with Gasteiger partial charge in [0.1, 0.15) is 5.75 Å². The van der Waals surface area contributed by atoms with Crippen LogP contribution in [0.25, 0.3) is 0 Å². The highest BCUT2D eigenvalue weighted by molar-refractivity contribution is 5.68. The second-order valence-corrected chi connectivity index (χ2v) is 5.87. The third kappa shape index (κ3) is 5.64. The molecule has 0 aromatic heterocycles. The van der Waals surface area contributed by atoms with E-state index < -0.39 is 47.4 Å². The number of rotatable bonds is 6. The summed E-state index contributed by atoms with van der Waals surface area (Å²) in [6, 6.07) is 5.13. The molecule has 1 aromatic rings. The first-order chi connectivity index (χ1) is 13.2. The second-order valence-electron chi connectivity index (χ2n) is 5.87. The Balaban J connectivity index is 2.25. The van der Waals surface area contributed by atoms with Crippen molar-refractivity contribution in [3.05, 3.63) is 34.4 Å². The van der Waals surface area contributed by atoms with E-state index >= 15 is 0 Å². The number of hydrogen-bond acceptors (Lipinski definition) is 10. The molecule has 1 heterocycles. The molecule has 0 spiro atoms. The standard InChI is InChI=1S/C17H19NO10/c1-9(19)25-14-8-24-17(16(27-11(3)21)15(14)26-10(2)20)28-13-6-4-12(5-7-13)18(22)23/h4-7,14-17H,8H2,1-3H3/t14-,15+,16-,17+/m1/s1. The van der Waals surface area contributed by atoms with Gasteiger partial charge in [-0.25, -0.2) is 0 Å². The van der Waals surface area contributed by atoms with E-state index in [9.17, 15) is 24.5 Å². The zero-order valence-electron chi connectivity index (χ0n) is 15.4. The summed E-state index contributed by atoms with van der Waals surface area (Å²) >= 11 is 0. The zero-order chi connectivity index (χ0) is 20.8.